The van der Waals surface area contributed by atoms with Crippen LogP contribution < -0.4 is 0 Å². The number of benzene rings is 19. The number of hydrogen-bond donors (Lipinski definition) is 0. The van der Waals surface area contributed by atoms with Crippen molar-refractivity contribution in [3.8, 4) is 164 Å². The Kier molecular flexibility index (Phi) is 20.7. The van der Waals surface area contributed by atoms with Gasteiger partial charge >= 0.3 is 0 Å². The van der Waals surface area contributed by atoms with Gasteiger partial charge in [-0.2, -0.15) is 9.97 Å². The monoisotopic (exact) mass is 1840 g/mol. The summed E-state index contributed by atoms with van der Waals surface area (Å²) in [6.45, 7) is 14.1. The maximum atomic E-state index is 5.34. The molecule has 19 aromatic carbocycles. The van der Waals surface area contributed by atoms with E-state index in [4.69, 9.17) is 34.9 Å². The molecule has 6 aromatic heterocycles. The lowest BCUT2D eigenvalue weighted by Gasteiger charge is -2.22. The van der Waals surface area contributed by atoms with Crippen molar-refractivity contribution in [2.45, 2.75) is 57.8 Å². The van der Waals surface area contributed by atoms with Crippen molar-refractivity contribution in [1.29, 1.82) is 0 Å². The molecule has 10 heteroatoms. The zero-order chi connectivity index (χ0) is 96.5. The average Bonchev–Trinajstić information content (AvgIpc) is 1.54. The summed E-state index contributed by atoms with van der Waals surface area (Å²) in [5.74, 6) is 3.23. The first-order valence-corrected chi connectivity index (χ1v) is 49.5. The SMILES string of the molecule is CC1(C)c2ccccc2-c2ccc3c(c21)c1ccccc1n3-c1nc(-c2ccccc2)cc(-c2ccc(-c3ccc(-c4ccccc4)cc3)cc2)n1.CC1(C)c2ccccc2-c2ccc3c(c21)c1ccccc1n3-c1nc(-c2ccccc2)cc(-c2ccc(-c3ccccc3)cc2)n1.CC1(C)c2ccccc2-c2ccc3c(c21)c1ccccc1n3-c1nc(-c2ccccc2)nc(-c2ccc(-c3ccccc3)cc2)n1. The number of rotatable bonds is 13. The molecule has 10 nitrogen and oxygen atoms in total. The van der Waals surface area contributed by atoms with Crippen LogP contribution in [-0.2, 0) is 16.2 Å². The van der Waals surface area contributed by atoms with Crippen molar-refractivity contribution >= 4 is 65.4 Å². The smallest absolute Gasteiger partial charge is 0.238 e. The first kappa shape index (κ1) is 86.1. The molecule has 3 aliphatic carbocycles. The quantitative estimate of drug-likeness (QED) is 0.113. The summed E-state index contributed by atoms with van der Waals surface area (Å²) in [5, 5.41) is 7.44. The molecule has 3 aliphatic rings. The fraction of sp³-hybridized carbons (Fsp3) is 0.0672. The molecule has 0 atom stereocenters. The fourth-order valence-electron chi connectivity index (χ4n) is 23.1. The Morgan fingerprint density at radius 3 is 0.660 bits per heavy atom. The highest BCUT2D eigenvalue weighted by Crippen LogP contribution is 2.58. The molecular formula is C134H96N10. The summed E-state index contributed by atoms with van der Waals surface area (Å²) in [6.07, 6.45) is 0. The number of para-hydroxylation sites is 3. The van der Waals surface area contributed by atoms with E-state index in [2.05, 4.69) is 486 Å². The van der Waals surface area contributed by atoms with Crippen molar-refractivity contribution in [3.63, 3.8) is 0 Å². The second-order valence-electron chi connectivity index (χ2n) is 39.4. The molecular weight excluding hydrogens is 1750 g/mol. The van der Waals surface area contributed by atoms with Crippen LogP contribution in [-0.4, -0.2) is 48.6 Å². The highest BCUT2D eigenvalue weighted by molar-refractivity contribution is 6.17. The minimum Gasteiger partial charge on any atom is -0.278 e. The van der Waals surface area contributed by atoms with Crippen LogP contribution in [0, 0.1) is 0 Å². The molecule has 0 aliphatic heterocycles. The van der Waals surface area contributed by atoms with Crippen LogP contribution in [0.25, 0.3) is 229 Å². The van der Waals surface area contributed by atoms with Crippen LogP contribution in [0.3, 0.4) is 0 Å². The van der Waals surface area contributed by atoms with Crippen LogP contribution >= 0.6 is 0 Å². The van der Waals surface area contributed by atoms with E-state index in [1.807, 2.05) is 42.5 Å². The topological polar surface area (TPSA) is 105 Å². The Morgan fingerprint density at radius 1 is 0.160 bits per heavy atom. The van der Waals surface area contributed by atoms with Crippen LogP contribution in [0.1, 0.15) is 74.9 Å². The molecule has 25 aromatic rings. The summed E-state index contributed by atoms with van der Waals surface area (Å²) in [5.41, 5.74) is 41.4. The second kappa shape index (κ2) is 34.7. The lowest BCUT2D eigenvalue weighted by Crippen LogP contribution is -2.15. The Morgan fingerprint density at radius 2 is 0.368 bits per heavy atom. The second-order valence-corrected chi connectivity index (χ2v) is 39.4. The molecule has 0 fully saturated rings. The maximum Gasteiger partial charge on any atom is 0.238 e. The summed E-state index contributed by atoms with van der Waals surface area (Å²) in [6, 6.07) is 168. The average molecular weight is 1850 g/mol. The predicted octanol–water partition coefficient (Wildman–Crippen LogP) is 33.7. The van der Waals surface area contributed by atoms with E-state index in [1.54, 1.807) is 0 Å². The first-order chi connectivity index (χ1) is 70.7. The predicted molar refractivity (Wildman–Crippen MR) is 594 cm³/mol. The summed E-state index contributed by atoms with van der Waals surface area (Å²) >= 11 is 0. The number of hydrogen-bond acceptors (Lipinski definition) is 7. The van der Waals surface area contributed by atoms with Gasteiger partial charge in [-0.1, -0.05) is 466 Å². The Labute approximate surface area is 836 Å². The third-order valence-electron chi connectivity index (χ3n) is 29.9. The molecule has 0 N–H and O–H groups in total. The van der Waals surface area contributed by atoms with Gasteiger partial charge in [0.15, 0.2) is 11.6 Å². The summed E-state index contributed by atoms with van der Waals surface area (Å²) in [7, 11) is 0. The van der Waals surface area contributed by atoms with Crippen LogP contribution in [0.15, 0.2) is 473 Å². The van der Waals surface area contributed by atoms with Crippen LogP contribution in [0.4, 0.5) is 0 Å². The molecule has 0 bridgehead atoms. The van der Waals surface area contributed by atoms with E-state index in [0.717, 1.165) is 94.8 Å². The highest BCUT2D eigenvalue weighted by Gasteiger charge is 2.42. The van der Waals surface area contributed by atoms with Crippen molar-refractivity contribution in [3.05, 3.63) is 507 Å². The van der Waals surface area contributed by atoms with Gasteiger partial charge in [0.2, 0.25) is 17.8 Å². The lowest BCUT2D eigenvalue weighted by molar-refractivity contribution is 0.666. The van der Waals surface area contributed by atoms with E-state index < -0.39 is 0 Å². The van der Waals surface area contributed by atoms with Gasteiger partial charge in [0.1, 0.15) is 0 Å². The summed E-state index contributed by atoms with van der Waals surface area (Å²) < 4.78 is 6.75. The summed E-state index contributed by atoms with van der Waals surface area (Å²) in [4.78, 5) is 36.5. The number of fused-ring (bicyclic) bond motifs is 21. The minimum absolute atomic E-state index is 0.140. The fourth-order valence-corrected chi connectivity index (χ4v) is 23.1. The van der Waals surface area contributed by atoms with Crippen molar-refractivity contribution in [2.75, 3.05) is 0 Å². The van der Waals surface area contributed by atoms with E-state index in [9.17, 15) is 0 Å². The van der Waals surface area contributed by atoms with E-state index in [0.29, 0.717) is 29.5 Å². The van der Waals surface area contributed by atoms with Crippen LogP contribution in [0.5, 0.6) is 0 Å². The molecule has 0 radical (unpaired) electrons. The van der Waals surface area contributed by atoms with Crippen molar-refractivity contribution in [2.24, 2.45) is 0 Å². The normalized spacial score (nSPS) is 13.1. The Hall–Kier alpha value is -18.3. The largest absolute Gasteiger partial charge is 0.278 e. The van der Waals surface area contributed by atoms with Gasteiger partial charge in [0.25, 0.3) is 0 Å². The lowest BCUT2D eigenvalue weighted by atomic mass is 9.80. The third kappa shape index (κ3) is 14.5. The Bertz CT molecular complexity index is 8990. The molecule has 0 saturated heterocycles. The standard InChI is InChI=1S/C49H35N3.C43H31N3.C42H30N4/c1-49(2)41-19-11-9-17-38(41)39-29-30-45-46(47(39)49)40-18-10-12-20-44(40)52(45)48-50-42(36-15-7-4-8-16-36)31-43(51-48)37-27-25-35(26-28-37)34-23-21-33(22-24-34)32-13-5-3-6-14-32;1-43(2)35-19-11-9-17-32(35)33-25-26-39-40(41(33)43)34-18-10-12-20-38(34)46(39)42-44-36(30-15-7-4-8-16-30)27-37(45-42)31-23-21-29(22-24-31)28-13-5-3-6-14-28;1-42(2)34-19-11-9-17-31(34)32-25-26-36-37(38(32)42)33-18-10-12-20-35(33)46(36)41-44-39(29-15-7-4-8-16-29)43-40(45-41)30-23-21-28(22-24-30)27-13-5-3-6-14-27/h3-31H,1-2H3;3-27H,1-2H3;3-26H,1-2H3. The molecule has 0 spiro atoms. The third-order valence-corrected chi connectivity index (χ3v) is 29.9. The van der Waals surface area contributed by atoms with Gasteiger partial charge in [-0.25, -0.2) is 24.9 Å². The van der Waals surface area contributed by atoms with Crippen molar-refractivity contribution < 1.29 is 0 Å². The Balaban J connectivity index is 0.000000110. The number of aromatic nitrogens is 10. The highest BCUT2D eigenvalue weighted by atomic mass is 15.2. The van der Waals surface area contributed by atoms with Gasteiger partial charge in [-0.3, -0.25) is 13.7 Å². The van der Waals surface area contributed by atoms with Crippen LogP contribution in [0.2, 0.25) is 0 Å². The maximum absolute atomic E-state index is 5.34. The molecule has 0 amide bonds. The van der Waals surface area contributed by atoms with Gasteiger partial charge in [-0.15, -0.1) is 0 Å². The van der Waals surface area contributed by atoms with Gasteiger partial charge in [0, 0.05) is 81.9 Å². The zero-order valence-corrected chi connectivity index (χ0v) is 80.5. The number of nitrogens with zero attached hydrogens (tertiary/aromatic N) is 10. The van der Waals surface area contributed by atoms with Gasteiger partial charge in [-0.05, 0) is 160 Å². The molecule has 0 unspecified atom stereocenters. The molecule has 28 rings (SSSR count). The van der Waals surface area contributed by atoms with E-state index in [1.165, 1.54) is 138 Å². The molecule has 6 heterocycles. The minimum atomic E-state index is -0.152. The molecule has 682 valence electrons. The zero-order valence-electron chi connectivity index (χ0n) is 80.5. The first-order valence-electron chi connectivity index (χ1n) is 49.5. The van der Waals surface area contributed by atoms with Gasteiger partial charge < -0.3 is 0 Å². The molecule has 144 heavy (non-hydrogen) atoms. The molecule has 0 saturated carbocycles. The van der Waals surface area contributed by atoms with Crippen molar-refractivity contribution in [1.82, 2.24) is 48.6 Å². The van der Waals surface area contributed by atoms with Gasteiger partial charge in [0.05, 0.1) is 55.9 Å². The van der Waals surface area contributed by atoms with E-state index >= 15 is 0 Å². The van der Waals surface area contributed by atoms with E-state index in [-0.39, 0.29) is 16.2 Å².